The molecule has 0 aliphatic heterocycles. The molecule has 0 aliphatic rings. The lowest BCUT2D eigenvalue weighted by atomic mass is 10.1. The van der Waals surface area contributed by atoms with Crippen molar-refractivity contribution in [3.63, 3.8) is 0 Å². The summed E-state index contributed by atoms with van der Waals surface area (Å²) in [6.45, 7) is 2.12. The van der Waals surface area contributed by atoms with E-state index in [9.17, 15) is 4.21 Å². The third-order valence-electron chi connectivity index (χ3n) is 3.39. The second kappa shape index (κ2) is 6.34. The molecule has 2 aromatic carbocycles. The maximum Gasteiger partial charge on any atom is 0.223 e. The van der Waals surface area contributed by atoms with E-state index in [4.69, 9.17) is 4.52 Å². The normalized spacial score (nSPS) is 13.5. The van der Waals surface area contributed by atoms with E-state index in [1.54, 1.807) is 13.2 Å². The SMILES string of the molecule is Cc1nc(-c2cccc(CN=S(C)(=O)c3ccccc3)c2)no1. The Morgan fingerprint density at radius 1 is 1.13 bits per heavy atom. The Morgan fingerprint density at radius 2 is 1.91 bits per heavy atom. The zero-order valence-electron chi connectivity index (χ0n) is 13.0. The Hall–Kier alpha value is -2.47. The summed E-state index contributed by atoms with van der Waals surface area (Å²) >= 11 is 0. The van der Waals surface area contributed by atoms with E-state index in [1.165, 1.54) is 0 Å². The highest BCUT2D eigenvalue weighted by Gasteiger charge is 2.07. The van der Waals surface area contributed by atoms with E-state index >= 15 is 0 Å². The molecule has 3 aromatic rings. The molecule has 0 fully saturated rings. The minimum atomic E-state index is -2.41. The Balaban J connectivity index is 1.86. The van der Waals surface area contributed by atoms with Crippen LogP contribution < -0.4 is 0 Å². The number of aryl methyl sites for hydroxylation is 1. The van der Waals surface area contributed by atoms with Crippen molar-refractivity contribution >= 4 is 9.73 Å². The van der Waals surface area contributed by atoms with Crippen molar-refractivity contribution in [1.82, 2.24) is 10.1 Å². The second-order valence-corrected chi connectivity index (χ2v) is 7.57. The zero-order chi connectivity index (χ0) is 16.3. The zero-order valence-corrected chi connectivity index (χ0v) is 13.8. The fourth-order valence-electron chi connectivity index (χ4n) is 2.17. The molecule has 0 saturated heterocycles. The number of aromatic nitrogens is 2. The van der Waals surface area contributed by atoms with Gasteiger partial charge in [0.2, 0.25) is 11.7 Å². The monoisotopic (exact) mass is 327 g/mol. The predicted octanol–water partition coefficient (Wildman–Crippen LogP) is 3.70. The minimum Gasteiger partial charge on any atom is -0.339 e. The fraction of sp³-hybridized carbons (Fsp3) is 0.176. The van der Waals surface area contributed by atoms with Gasteiger partial charge in [0.25, 0.3) is 0 Å². The van der Waals surface area contributed by atoms with Crippen molar-refractivity contribution in [2.24, 2.45) is 4.36 Å². The predicted molar refractivity (Wildman–Crippen MR) is 89.4 cm³/mol. The van der Waals surface area contributed by atoms with Gasteiger partial charge in [0, 0.05) is 23.6 Å². The standard InChI is InChI=1S/C17H17N3O2S/c1-13-19-17(20-22-13)15-8-6-7-14(11-15)12-18-23(2,21)16-9-4-3-5-10-16/h3-11H,12H2,1-2H3. The Morgan fingerprint density at radius 3 is 2.61 bits per heavy atom. The van der Waals surface area contributed by atoms with Gasteiger partial charge in [-0.15, -0.1) is 0 Å². The molecule has 6 heteroatoms. The lowest BCUT2D eigenvalue weighted by Gasteiger charge is -2.05. The summed E-state index contributed by atoms with van der Waals surface area (Å²) in [7, 11) is -2.41. The van der Waals surface area contributed by atoms with E-state index < -0.39 is 9.73 Å². The maximum atomic E-state index is 12.7. The molecule has 0 aliphatic carbocycles. The van der Waals surface area contributed by atoms with Crippen molar-refractivity contribution < 1.29 is 8.73 Å². The first kappa shape index (κ1) is 15.4. The van der Waals surface area contributed by atoms with E-state index in [2.05, 4.69) is 14.5 Å². The first-order chi connectivity index (χ1) is 11.0. The van der Waals surface area contributed by atoms with Gasteiger partial charge in [-0.3, -0.25) is 0 Å². The molecule has 0 radical (unpaired) electrons. The molecular formula is C17H17N3O2S. The average Bonchev–Trinajstić information content (AvgIpc) is 3.01. The molecule has 1 heterocycles. The molecule has 0 spiro atoms. The van der Waals surface area contributed by atoms with Crippen LogP contribution in [0.25, 0.3) is 11.4 Å². The molecule has 0 bridgehead atoms. The number of hydrogen-bond donors (Lipinski definition) is 0. The molecule has 3 rings (SSSR count). The maximum absolute atomic E-state index is 12.7. The second-order valence-electron chi connectivity index (χ2n) is 5.24. The van der Waals surface area contributed by atoms with Crippen LogP contribution in [0.15, 0.2) is 68.4 Å². The quantitative estimate of drug-likeness (QED) is 0.732. The number of benzene rings is 2. The summed E-state index contributed by atoms with van der Waals surface area (Å²) in [5, 5.41) is 3.91. The Labute approximate surface area is 135 Å². The molecular weight excluding hydrogens is 310 g/mol. The van der Waals surface area contributed by atoms with Crippen LogP contribution in [-0.4, -0.2) is 20.6 Å². The molecule has 1 aromatic heterocycles. The molecule has 0 saturated carbocycles. The van der Waals surface area contributed by atoms with E-state index in [0.29, 0.717) is 18.3 Å². The van der Waals surface area contributed by atoms with Gasteiger partial charge in [0.1, 0.15) is 0 Å². The summed E-state index contributed by atoms with van der Waals surface area (Å²) in [6, 6.07) is 17.0. The smallest absolute Gasteiger partial charge is 0.223 e. The summed E-state index contributed by atoms with van der Waals surface area (Å²) in [5.74, 6) is 1.07. The van der Waals surface area contributed by atoms with Gasteiger partial charge < -0.3 is 4.52 Å². The van der Waals surface area contributed by atoms with Crippen LogP contribution in [0.2, 0.25) is 0 Å². The molecule has 0 N–H and O–H groups in total. The Kier molecular flexibility index (Phi) is 4.25. The van der Waals surface area contributed by atoms with Crippen LogP contribution in [0.1, 0.15) is 11.5 Å². The molecule has 118 valence electrons. The van der Waals surface area contributed by atoms with Crippen LogP contribution in [0, 0.1) is 6.92 Å². The highest BCUT2D eigenvalue weighted by Crippen LogP contribution is 2.19. The third kappa shape index (κ3) is 3.65. The van der Waals surface area contributed by atoms with Crippen LogP contribution in [0.4, 0.5) is 0 Å². The van der Waals surface area contributed by atoms with Gasteiger partial charge in [-0.05, 0) is 23.8 Å². The van der Waals surface area contributed by atoms with Crippen LogP contribution in [0.5, 0.6) is 0 Å². The van der Waals surface area contributed by atoms with Gasteiger partial charge in [-0.1, -0.05) is 41.6 Å². The van der Waals surface area contributed by atoms with Gasteiger partial charge >= 0.3 is 0 Å². The molecule has 1 atom stereocenters. The van der Waals surface area contributed by atoms with E-state index in [1.807, 2.05) is 54.6 Å². The first-order valence-corrected chi connectivity index (χ1v) is 9.09. The average molecular weight is 327 g/mol. The largest absolute Gasteiger partial charge is 0.339 e. The summed E-state index contributed by atoms with van der Waals surface area (Å²) in [4.78, 5) is 4.95. The first-order valence-electron chi connectivity index (χ1n) is 7.17. The minimum absolute atomic E-state index is 0.370. The number of hydrogen-bond acceptors (Lipinski definition) is 5. The molecule has 23 heavy (non-hydrogen) atoms. The molecule has 1 unspecified atom stereocenters. The highest BCUT2D eigenvalue weighted by atomic mass is 32.2. The Bertz CT molecular complexity index is 926. The van der Waals surface area contributed by atoms with Gasteiger partial charge in [0.15, 0.2) is 0 Å². The highest BCUT2D eigenvalue weighted by molar-refractivity contribution is 7.93. The number of rotatable bonds is 4. The van der Waals surface area contributed by atoms with Crippen LogP contribution in [0.3, 0.4) is 0 Å². The van der Waals surface area contributed by atoms with Crippen molar-refractivity contribution in [2.75, 3.05) is 6.26 Å². The summed E-state index contributed by atoms with van der Waals surface area (Å²) in [6.07, 6.45) is 1.66. The number of nitrogens with zero attached hydrogens (tertiary/aromatic N) is 3. The molecule has 5 nitrogen and oxygen atoms in total. The lowest BCUT2D eigenvalue weighted by Crippen LogP contribution is -1.98. The van der Waals surface area contributed by atoms with Gasteiger partial charge in [-0.2, -0.15) is 4.98 Å². The van der Waals surface area contributed by atoms with Crippen LogP contribution >= 0.6 is 0 Å². The van der Waals surface area contributed by atoms with Crippen LogP contribution in [-0.2, 0) is 16.3 Å². The van der Waals surface area contributed by atoms with Gasteiger partial charge in [0.05, 0.1) is 16.3 Å². The topological polar surface area (TPSA) is 68.3 Å². The summed E-state index contributed by atoms with van der Waals surface area (Å²) < 4.78 is 22.1. The van der Waals surface area contributed by atoms with Crippen molar-refractivity contribution in [1.29, 1.82) is 0 Å². The van der Waals surface area contributed by atoms with E-state index in [-0.39, 0.29) is 0 Å². The lowest BCUT2D eigenvalue weighted by molar-refractivity contribution is 0.394. The molecule has 0 amide bonds. The van der Waals surface area contributed by atoms with Crippen molar-refractivity contribution in [3.8, 4) is 11.4 Å². The summed E-state index contributed by atoms with van der Waals surface area (Å²) in [5.41, 5.74) is 1.81. The van der Waals surface area contributed by atoms with Gasteiger partial charge in [-0.25, -0.2) is 8.57 Å². The van der Waals surface area contributed by atoms with Crippen molar-refractivity contribution in [2.45, 2.75) is 18.4 Å². The fourth-order valence-corrected chi connectivity index (χ4v) is 3.38. The van der Waals surface area contributed by atoms with E-state index in [0.717, 1.165) is 16.0 Å². The third-order valence-corrected chi connectivity index (χ3v) is 5.16. The van der Waals surface area contributed by atoms with Crippen molar-refractivity contribution in [3.05, 3.63) is 66.1 Å².